The van der Waals surface area contributed by atoms with Gasteiger partial charge in [0.2, 0.25) is 5.17 Å². The average Bonchev–Trinajstić information content (AvgIpc) is 3.19. The van der Waals surface area contributed by atoms with Crippen LogP contribution in [0, 0.1) is 5.41 Å². The van der Waals surface area contributed by atoms with E-state index in [1.807, 2.05) is 6.92 Å². The predicted molar refractivity (Wildman–Crippen MR) is 139 cm³/mol. The summed E-state index contributed by atoms with van der Waals surface area (Å²) in [7, 11) is 1.49. The zero-order valence-electron chi connectivity index (χ0n) is 18.2. The molecule has 34 heavy (non-hydrogen) atoms. The van der Waals surface area contributed by atoms with Crippen LogP contribution >= 0.6 is 46.6 Å². The Bertz CT molecular complexity index is 1280. The van der Waals surface area contributed by atoms with Crippen LogP contribution in [0.1, 0.15) is 30.9 Å². The number of halogens is 3. The van der Waals surface area contributed by atoms with Crippen LogP contribution in [0.3, 0.4) is 0 Å². The first kappa shape index (κ1) is 24.6. The van der Waals surface area contributed by atoms with Crippen molar-refractivity contribution in [2.75, 3.05) is 7.11 Å². The minimum absolute atomic E-state index is 0.0404. The summed E-state index contributed by atoms with van der Waals surface area (Å²) in [5, 5.41) is 16.8. The fourth-order valence-corrected chi connectivity index (χ4v) is 4.99. The minimum Gasteiger partial charge on any atom is -0.493 e. The smallest absolute Gasteiger partial charge is 0.283 e. The van der Waals surface area contributed by atoms with Gasteiger partial charge in [0.15, 0.2) is 17.3 Å². The summed E-state index contributed by atoms with van der Waals surface area (Å²) in [5.74, 6) is 0.140. The molecule has 0 aromatic heterocycles. The number of hydrogen-bond donors (Lipinski definition) is 1. The van der Waals surface area contributed by atoms with Gasteiger partial charge in [0, 0.05) is 15.6 Å². The van der Waals surface area contributed by atoms with Gasteiger partial charge in [0.05, 0.1) is 17.7 Å². The number of amidine groups is 2. The van der Waals surface area contributed by atoms with Crippen molar-refractivity contribution in [3.63, 3.8) is 0 Å². The quantitative estimate of drug-likeness (QED) is 0.399. The van der Waals surface area contributed by atoms with Gasteiger partial charge in [-0.15, -0.1) is 0 Å². The van der Waals surface area contributed by atoms with Crippen molar-refractivity contribution in [3.05, 3.63) is 62.1 Å². The van der Waals surface area contributed by atoms with E-state index in [2.05, 4.69) is 10.1 Å². The van der Waals surface area contributed by atoms with Crippen LogP contribution < -0.4 is 9.47 Å². The fraction of sp³-hybridized carbons (Fsp3) is 0.217. The lowest BCUT2D eigenvalue weighted by Gasteiger charge is -2.20. The Morgan fingerprint density at radius 2 is 1.97 bits per heavy atom. The van der Waals surface area contributed by atoms with E-state index in [1.165, 1.54) is 30.0 Å². The van der Waals surface area contributed by atoms with E-state index in [0.29, 0.717) is 32.3 Å². The van der Waals surface area contributed by atoms with Crippen LogP contribution in [-0.4, -0.2) is 34.1 Å². The van der Waals surface area contributed by atoms with Crippen LogP contribution in [0.5, 0.6) is 11.5 Å². The first-order valence-electron chi connectivity index (χ1n) is 10.2. The highest BCUT2D eigenvalue weighted by molar-refractivity contribution is 8.26. The van der Waals surface area contributed by atoms with Crippen molar-refractivity contribution in [3.8, 4) is 11.5 Å². The molecule has 176 valence electrons. The summed E-state index contributed by atoms with van der Waals surface area (Å²) in [6, 6.07) is 8.42. The lowest BCUT2D eigenvalue weighted by Crippen LogP contribution is -2.35. The number of fused-ring (bicyclic) bond motifs is 1. The molecule has 0 unspecified atom stereocenters. The minimum atomic E-state index is -0.510. The Balaban J connectivity index is 1.60. The zero-order chi connectivity index (χ0) is 24.4. The largest absolute Gasteiger partial charge is 0.493 e. The molecule has 7 nitrogen and oxygen atoms in total. The maximum Gasteiger partial charge on any atom is 0.283 e. The molecule has 11 heteroatoms. The standard InChI is InChI=1S/C23H19Cl3N4O3S/c1-3-4-19-29-30-21(27)15(22(31)28-23(30)34-19)7-12-8-17(26)20(18(9-12)32-2)33-11-13-5-6-14(24)10-16(13)25/h5-10,27H,3-4,11H2,1-2H3/b15-7-,27-21?. The molecule has 1 amide bonds. The summed E-state index contributed by atoms with van der Waals surface area (Å²) < 4.78 is 11.3. The third-order valence-electron chi connectivity index (χ3n) is 4.91. The van der Waals surface area contributed by atoms with Gasteiger partial charge < -0.3 is 9.47 Å². The molecule has 0 aliphatic carbocycles. The molecular weight excluding hydrogens is 519 g/mol. The second-order valence-corrected chi connectivity index (χ2v) is 9.61. The van der Waals surface area contributed by atoms with Gasteiger partial charge in [-0.1, -0.05) is 47.8 Å². The molecule has 2 aliphatic heterocycles. The van der Waals surface area contributed by atoms with Gasteiger partial charge in [0.25, 0.3) is 5.91 Å². The van der Waals surface area contributed by atoms with Gasteiger partial charge >= 0.3 is 0 Å². The van der Waals surface area contributed by atoms with Crippen LogP contribution in [0.2, 0.25) is 15.1 Å². The molecule has 2 heterocycles. The summed E-state index contributed by atoms with van der Waals surface area (Å²) in [6.07, 6.45) is 3.21. The number of nitrogens with zero attached hydrogens (tertiary/aromatic N) is 3. The number of hydrogen-bond acceptors (Lipinski definition) is 6. The molecule has 2 aromatic carbocycles. The van der Waals surface area contributed by atoms with Crippen LogP contribution in [0.15, 0.2) is 46.0 Å². The SMILES string of the molecule is CCCC1=NN2C(=N)/C(=C/c3cc(Cl)c(OCc4ccc(Cl)cc4Cl)c(OC)c3)C(=O)N=C2S1. The Morgan fingerprint density at radius 3 is 2.68 bits per heavy atom. The van der Waals surface area contributed by atoms with E-state index in [4.69, 9.17) is 49.7 Å². The molecule has 0 atom stereocenters. The Kier molecular flexibility index (Phi) is 7.52. The molecule has 0 bridgehead atoms. The van der Waals surface area contributed by atoms with Crippen molar-refractivity contribution in [1.29, 1.82) is 5.41 Å². The maximum absolute atomic E-state index is 12.6. The summed E-state index contributed by atoms with van der Waals surface area (Å²) >= 11 is 20.0. The third kappa shape index (κ3) is 5.10. The number of hydrazone groups is 1. The van der Waals surface area contributed by atoms with Crippen molar-refractivity contribution < 1.29 is 14.3 Å². The van der Waals surface area contributed by atoms with Crippen molar-refractivity contribution >= 4 is 74.6 Å². The highest BCUT2D eigenvalue weighted by Crippen LogP contribution is 2.38. The zero-order valence-corrected chi connectivity index (χ0v) is 21.3. The number of carbonyl (C=O) groups excluding carboxylic acids is 1. The van der Waals surface area contributed by atoms with Crippen LogP contribution in [0.25, 0.3) is 6.08 Å². The number of ether oxygens (including phenoxy) is 2. The van der Waals surface area contributed by atoms with Crippen LogP contribution in [0.4, 0.5) is 0 Å². The molecule has 1 N–H and O–H groups in total. The van der Waals surface area contributed by atoms with Gasteiger partial charge in [-0.3, -0.25) is 10.2 Å². The number of amides is 1. The first-order chi connectivity index (χ1) is 16.3. The van der Waals surface area contributed by atoms with Crippen molar-refractivity contribution in [2.24, 2.45) is 10.1 Å². The highest BCUT2D eigenvalue weighted by Gasteiger charge is 2.35. The summed E-state index contributed by atoms with van der Waals surface area (Å²) in [6.45, 7) is 2.19. The van der Waals surface area contributed by atoms with Gasteiger partial charge in [-0.2, -0.15) is 15.1 Å². The number of thioether (sulfide) groups is 1. The molecule has 0 radical (unpaired) electrons. The predicted octanol–water partition coefficient (Wildman–Crippen LogP) is 6.65. The van der Waals surface area contributed by atoms with Gasteiger partial charge in [-0.05, 0) is 60.5 Å². The molecule has 0 saturated heterocycles. The average molecular weight is 538 g/mol. The third-order valence-corrected chi connectivity index (χ3v) is 6.75. The normalized spacial score (nSPS) is 16.5. The highest BCUT2D eigenvalue weighted by atomic mass is 35.5. The van der Waals surface area contributed by atoms with E-state index in [9.17, 15) is 4.79 Å². The van der Waals surface area contributed by atoms with Crippen LogP contribution in [-0.2, 0) is 11.4 Å². The topological polar surface area (TPSA) is 87.3 Å². The van der Waals surface area contributed by atoms with E-state index in [1.54, 1.807) is 30.3 Å². The second-order valence-electron chi connectivity index (χ2n) is 7.32. The molecule has 2 aromatic rings. The van der Waals surface area contributed by atoms with E-state index in [-0.39, 0.29) is 23.0 Å². The number of benzene rings is 2. The number of nitrogens with one attached hydrogen (secondary N) is 1. The number of carbonyl (C=O) groups is 1. The molecule has 0 saturated carbocycles. The van der Waals surface area contributed by atoms with E-state index >= 15 is 0 Å². The molecular formula is C23H19Cl3N4O3S. The number of rotatable bonds is 7. The Hall–Kier alpha value is -2.52. The summed E-state index contributed by atoms with van der Waals surface area (Å²) in [5.41, 5.74) is 1.39. The van der Waals surface area contributed by atoms with Crippen molar-refractivity contribution in [1.82, 2.24) is 5.01 Å². The molecule has 0 fully saturated rings. The summed E-state index contributed by atoms with van der Waals surface area (Å²) in [4.78, 5) is 16.7. The second kappa shape index (κ2) is 10.4. The van der Waals surface area contributed by atoms with E-state index < -0.39 is 5.91 Å². The van der Waals surface area contributed by atoms with Gasteiger partial charge in [-0.25, -0.2) is 0 Å². The Labute approximate surface area is 215 Å². The fourth-order valence-electron chi connectivity index (χ4n) is 3.27. The molecule has 0 spiro atoms. The van der Waals surface area contributed by atoms with E-state index in [0.717, 1.165) is 23.4 Å². The number of methoxy groups -OCH3 is 1. The Morgan fingerprint density at radius 1 is 1.18 bits per heavy atom. The van der Waals surface area contributed by atoms with Crippen molar-refractivity contribution in [2.45, 2.75) is 26.4 Å². The lowest BCUT2D eigenvalue weighted by atomic mass is 10.1. The molecule has 4 rings (SSSR count). The van der Waals surface area contributed by atoms with Gasteiger partial charge in [0.1, 0.15) is 11.7 Å². The lowest BCUT2D eigenvalue weighted by molar-refractivity contribution is -0.114. The maximum atomic E-state index is 12.6. The first-order valence-corrected chi connectivity index (χ1v) is 12.2. The number of aliphatic imine (C=N–C) groups is 1. The molecule has 2 aliphatic rings. The monoisotopic (exact) mass is 536 g/mol.